The molecule has 12 aromatic carbocycles. The molecule has 2 nitrogen and oxygen atoms in total. The molecule has 0 N–H and O–H groups in total. The number of benzene rings is 12. The zero-order valence-electron chi connectivity index (χ0n) is 37.7. The number of rotatable bonds is 7. The van der Waals surface area contributed by atoms with Crippen molar-refractivity contribution in [3.63, 3.8) is 0 Å². The van der Waals surface area contributed by atoms with Crippen LogP contribution in [-0.2, 0) is 5.41 Å². The van der Waals surface area contributed by atoms with E-state index in [1.165, 1.54) is 71.4 Å². The fourth-order valence-electron chi connectivity index (χ4n) is 11.7. The van der Waals surface area contributed by atoms with Crippen LogP contribution in [-0.4, -0.2) is 0 Å². The minimum Gasteiger partial charge on any atom is -0.455 e. The van der Waals surface area contributed by atoms with E-state index < -0.39 is 5.41 Å². The van der Waals surface area contributed by atoms with Crippen molar-refractivity contribution >= 4 is 71.3 Å². The van der Waals surface area contributed by atoms with Crippen LogP contribution in [0.2, 0.25) is 0 Å². The maximum Gasteiger partial charge on any atom is 0.143 e. The van der Waals surface area contributed by atoms with Crippen LogP contribution in [0.1, 0.15) is 22.3 Å². The van der Waals surface area contributed by atoms with E-state index in [1.807, 2.05) is 0 Å². The van der Waals surface area contributed by atoms with Gasteiger partial charge >= 0.3 is 0 Å². The maximum absolute atomic E-state index is 6.95. The summed E-state index contributed by atoms with van der Waals surface area (Å²) in [5.41, 5.74) is 16.4. The van der Waals surface area contributed by atoms with Gasteiger partial charge in [0.15, 0.2) is 0 Å². The number of nitrogens with zero attached hydrogens (tertiary/aromatic N) is 1. The van der Waals surface area contributed by atoms with E-state index in [9.17, 15) is 0 Å². The Morgan fingerprint density at radius 2 is 0.870 bits per heavy atom. The van der Waals surface area contributed by atoms with E-state index >= 15 is 0 Å². The topological polar surface area (TPSA) is 16.4 Å². The first-order valence-corrected chi connectivity index (χ1v) is 23.8. The Bertz CT molecular complexity index is 4090. The van der Waals surface area contributed by atoms with Gasteiger partial charge in [-0.2, -0.15) is 0 Å². The zero-order chi connectivity index (χ0) is 45.5. The molecule has 0 radical (unpaired) electrons. The van der Waals surface area contributed by atoms with Crippen LogP contribution in [0.4, 0.5) is 17.1 Å². The lowest BCUT2D eigenvalue weighted by atomic mass is 9.68. The Morgan fingerprint density at radius 3 is 1.64 bits per heavy atom. The summed E-state index contributed by atoms with van der Waals surface area (Å²) in [6.07, 6.45) is 0. The van der Waals surface area contributed by atoms with E-state index in [1.54, 1.807) is 0 Å². The molecule has 13 aromatic rings. The average molecular weight is 878 g/mol. The third kappa shape index (κ3) is 5.92. The van der Waals surface area contributed by atoms with Crippen LogP contribution in [0.25, 0.3) is 87.6 Å². The smallest absolute Gasteiger partial charge is 0.143 e. The molecule has 0 saturated carbocycles. The van der Waals surface area contributed by atoms with E-state index in [-0.39, 0.29) is 0 Å². The molecule has 1 aliphatic carbocycles. The number of hydrogen-bond acceptors (Lipinski definition) is 2. The molecule has 0 spiro atoms. The second-order valence-electron chi connectivity index (χ2n) is 18.3. The van der Waals surface area contributed by atoms with E-state index in [0.29, 0.717) is 0 Å². The highest BCUT2D eigenvalue weighted by atomic mass is 16.3. The van der Waals surface area contributed by atoms with Gasteiger partial charge in [0.25, 0.3) is 0 Å². The second kappa shape index (κ2) is 15.6. The van der Waals surface area contributed by atoms with Gasteiger partial charge in [-0.05, 0) is 114 Å². The number of para-hydroxylation sites is 2. The summed E-state index contributed by atoms with van der Waals surface area (Å²) >= 11 is 0. The van der Waals surface area contributed by atoms with Crippen LogP contribution >= 0.6 is 0 Å². The molecule has 0 saturated heterocycles. The molecule has 69 heavy (non-hydrogen) atoms. The van der Waals surface area contributed by atoms with Crippen LogP contribution in [0.3, 0.4) is 0 Å². The Labute approximate surface area is 400 Å². The van der Waals surface area contributed by atoms with Gasteiger partial charge in [-0.25, -0.2) is 0 Å². The summed E-state index contributed by atoms with van der Waals surface area (Å²) in [4.78, 5) is 2.50. The molecule has 0 bridgehead atoms. The predicted molar refractivity (Wildman–Crippen MR) is 289 cm³/mol. The molecule has 0 fully saturated rings. The SMILES string of the molecule is c1ccc(C2(c3ccccc3)c3ccccc3-c3c(N(c4ccc(-c5cc6ccccc6c6ccccc56)cc4)c4ccccc4-c4cccc5c4oc4cc6ccccc6cc45)cccc32)cc1. The summed E-state index contributed by atoms with van der Waals surface area (Å²) in [6, 6.07) is 95.6. The zero-order valence-corrected chi connectivity index (χ0v) is 37.7. The van der Waals surface area contributed by atoms with Crippen molar-refractivity contribution < 1.29 is 4.42 Å². The second-order valence-corrected chi connectivity index (χ2v) is 18.3. The normalized spacial score (nSPS) is 12.8. The average Bonchev–Trinajstić information content (AvgIpc) is 3.94. The van der Waals surface area contributed by atoms with Gasteiger partial charge in [0, 0.05) is 33.2 Å². The van der Waals surface area contributed by atoms with Crippen molar-refractivity contribution in [2.45, 2.75) is 5.41 Å². The summed E-state index contributed by atoms with van der Waals surface area (Å²) in [7, 11) is 0. The van der Waals surface area contributed by atoms with Crippen LogP contribution in [0.5, 0.6) is 0 Å². The lowest BCUT2D eigenvalue weighted by molar-refractivity contribution is 0.670. The third-order valence-electron chi connectivity index (χ3n) is 14.7. The van der Waals surface area contributed by atoms with E-state index in [0.717, 1.165) is 55.5 Å². The first kappa shape index (κ1) is 39.2. The van der Waals surface area contributed by atoms with Gasteiger partial charge in [-0.3, -0.25) is 0 Å². The maximum atomic E-state index is 6.95. The van der Waals surface area contributed by atoms with E-state index in [2.05, 4.69) is 266 Å². The molecule has 0 aliphatic heterocycles. The molecule has 2 heteroatoms. The first-order valence-electron chi connectivity index (χ1n) is 23.8. The highest BCUT2D eigenvalue weighted by Crippen LogP contribution is 2.60. The van der Waals surface area contributed by atoms with Gasteiger partial charge in [0.05, 0.1) is 16.8 Å². The number of hydrogen-bond donors (Lipinski definition) is 0. The van der Waals surface area contributed by atoms with Crippen LogP contribution in [0, 0.1) is 0 Å². The Balaban J connectivity index is 1.04. The molecule has 0 unspecified atom stereocenters. The van der Waals surface area contributed by atoms with E-state index in [4.69, 9.17) is 4.42 Å². The highest BCUT2D eigenvalue weighted by Gasteiger charge is 2.47. The van der Waals surface area contributed by atoms with Crippen LogP contribution < -0.4 is 4.90 Å². The standard InChI is InChI=1S/C67H43NO/c1-3-22-48(23-4-1)67(49-24-5-2-6-25-49)60-33-15-13-30-57(60)65-61(67)34-18-36-63(65)68(50-39-37-44(38-40-50)58-42-47-21-9-10-26-51(47)52-27-11-12-28-53(52)58)62-35-16-14-29-54(62)55-31-17-32-56-59-41-45-19-7-8-20-46(45)43-64(59)69-66(55)56/h1-43H. The largest absolute Gasteiger partial charge is 0.455 e. The molecule has 322 valence electrons. The molecule has 14 rings (SSSR count). The van der Waals surface area contributed by atoms with Gasteiger partial charge in [0.1, 0.15) is 11.2 Å². The monoisotopic (exact) mass is 877 g/mol. The Morgan fingerprint density at radius 1 is 0.319 bits per heavy atom. The third-order valence-corrected chi connectivity index (χ3v) is 14.7. The molecular formula is C67H43NO. The van der Waals surface area contributed by atoms with Crippen molar-refractivity contribution in [1.29, 1.82) is 0 Å². The minimum atomic E-state index is -0.556. The summed E-state index contributed by atoms with van der Waals surface area (Å²) in [5, 5.41) is 9.59. The Kier molecular flexibility index (Phi) is 8.84. The molecule has 1 heterocycles. The fraction of sp³-hybridized carbons (Fsp3) is 0.0149. The van der Waals surface area contributed by atoms with Gasteiger partial charge in [-0.15, -0.1) is 0 Å². The molecule has 0 atom stereocenters. The van der Waals surface area contributed by atoms with Crippen molar-refractivity contribution in [3.8, 4) is 33.4 Å². The quantitative estimate of drug-likeness (QED) is 0.148. The van der Waals surface area contributed by atoms with Crippen molar-refractivity contribution in [2.24, 2.45) is 0 Å². The molecule has 1 aliphatic rings. The highest BCUT2D eigenvalue weighted by molar-refractivity contribution is 6.15. The molecule has 0 amide bonds. The van der Waals surface area contributed by atoms with Gasteiger partial charge in [0.2, 0.25) is 0 Å². The van der Waals surface area contributed by atoms with Gasteiger partial charge < -0.3 is 9.32 Å². The van der Waals surface area contributed by atoms with Crippen molar-refractivity contribution in [3.05, 3.63) is 283 Å². The molecular weight excluding hydrogens is 835 g/mol. The summed E-state index contributed by atoms with van der Waals surface area (Å²) < 4.78 is 6.95. The Hall–Kier alpha value is -8.98. The molecule has 1 aromatic heterocycles. The number of anilines is 3. The lowest BCUT2D eigenvalue weighted by Crippen LogP contribution is -2.28. The number of fused-ring (bicyclic) bond motifs is 10. The minimum absolute atomic E-state index is 0.556. The van der Waals surface area contributed by atoms with Crippen LogP contribution in [0.15, 0.2) is 265 Å². The van der Waals surface area contributed by atoms with Crippen molar-refractivity contribution in [2.75, 3.05) is 4.90 Å². The summed E-state index contributed by atoms with van der Waals surface area (Å²) in [5.74, 6) is 0. The fourth-order valence-corrected chi connectivity index (χ4v) is 11.7. The number of furan rings is 1. The lowest BCUT2D eigenvalue weighted by Gasteiger charge is -2.34. The summed E-state index contributed by atoms with van der Waals surface area (Å²) in [6.45, 7) is 0. The predicted octanol–water partition coefficient (Wildman–Crippen LogP) is 18.2. The first-order chi connectivity index (χ1) is 34.2. The van der Waals surface area contributed by atoms with Gasteiger partial charge in [-0.1, -0.05) is 218 Å². The van der Waals surface area contributed by atoms with Crippen molar-refractivity contribution in [1.82, 2.24) is 0 Å².